The van der Waals surface area contributed by atoms with Crippen LogP contribution in [0, 0.1) is 11.6 Å². The molecule has 100 valence electrons. The number of hydrogen-bond acceptors (Lipinski definition) is 3. The van der Waals surface area contributed by atoms with Crippen molar-refractivity contribution in [3.63, 3.8) is 0 Å². The van der Waals surface area contributed by atoms with Gasteiger partial charge in [0.05, 0.1) is 11.5 Å². The summed E-state index contributed by atoms with van der Waals surface area (Å²) in [6.45, 7) is 0. The minimum absolute atomic E-state index is 0.0259. The molecule has 1 unspecified atom stereocenters. The van der Waals surface area contributed by atoms with E-state index in [1.165, 1.54) is 0 Å². The van der Waals surface area contributed by atoms with Gasteiger partial charge in [0.2, 0.25) is 11.8 Å². The molecule has 1 aliphatic heterocycles. The molecule has 0 aromatic heterocycles. The Balaban J connectivity index is 2.41. The average molecular weight is 269 g/mol. The molecule has 0 aliphatic carbocycles. The third-order valence-electron chi connectivity index (χ3n) is 2.96. The van der Waals surface area contributed by atoms with Gasteiger partial charge in [0, 0.05) is 12.0 Å². The lowest BCUT2D eigenvalue weighted by Crippen LogP contribution is -2.39. The largest absolute Gasteiger partial charge is 0.478 e. The first kappa shape index (κ1) is 13.1. The summed E-state index contributed by atoms with van der Waals surface area (Å²) in [7, 11) is 0. The Hall–Kier alpha value is -2.31. The van der Waals surface area contributed by atoms with Crippen LogP contribution in [-0.4, -0.2) is 22.9 Å². The number of carbonyl (C=O) groups excluding carboxylic acids is 2. The van der Waals surface area contributed by atoms with E-state index in [0.29, 0.717) is 0 Å². The predicted octanol–water partition coefficient (Wildman–Crippen LogP) is 1.18. The van der Waals surface area contributed by atoms with Gasteiger partial charge >= 0.3 is 5.97 Å². The SMILES string of the molecule is O=C1CCC(c2ccc(C(=O)O)c(F)c2F)C(=O)N1. The second-order valence-electron chi connectivity index (χ2n) is 4.14. The summed E-state index contributed by atoms with van der Waals surface area (Å²) in [4.78, 5) is 33.2. The fourth-order valence-corrected chi connectivity index (χ4v) is 1.99. The van der Waals surface area contributed by atoms with Crippen LogP contribution in [0.1, 0.15) is 34.7 Å². The average Bonchev–Trinajstić information content (AvgIpc) is 2.33. The van der Waals surface area contributed by atoms with Crippen LogP contribution in [0.2, 0.25) is 0 Å². The van der Waals surface area contributed by atoms with Crippen LogP contribution in [0.25, 0.3) is 0 Å². The number of carbonyl (C=O) groups is 3. The lowest BCUT2D eigenvalue weighted by Gasteiger charge is -2.21. The highest BCUT2D eigenvalue weighted by atomic mass is 19.2. The molecule has 1 heterocycles. The van der Waals surface area contributed by atoms with Crippen LogP contribution in [0.5, 0.6) is 0 Å². The van der Waals surface area contributed by atoms with E-state index in [-0.39, 0.29) is 18.4 Å². The van der Waals surface area contributed by atoms with Gasteiger partial charge in [-0.1, -0.05) is 6.07 Å². The van der Waals surface area contributed by atoms with Gasteiger partial charge in [-0.25, -0.2) is 13.6 Å². The lowest BCUT2D eigenvalue weighted by molar-refractivity contribution is -0.134. The number of piperidine rings is 1. The fourth-order valence-electron chi connectivity index (χ4n) is 1.99. The molecule has 5 nitrogen and oxygen atoms in total. The summed E-state index contributed by atoms with van der Waals surface area (Å²) in [5.41, 5.74) is -1.04. The van der Waals surface area contributed by atoms with Crippen LogP contribution in [-0.2, 0) is 9.59 Å². The predicted molar refractivity (Wildman–Crippen MR) is 58.4 cm³/mol. The van der Waals surface area contributed by atoms with Gasteiger partial charge in [0.25, 0.3) is 0 Å². The Morgan fingerprint density at radius 1 is 1.26 bits per heavy atom. The zero-order valence-corrected chi connectivity index (χ0v) is 9.57. The Labute approximate surface area is 106 Å². The topological polar surface area (TPSA) is 83.5 Å². The molecule has 19 heavy (non-hydrogen) atoms. The second-order valence-corrected chi connectivity index (χ2v) is 4.14. The molecule has 0 spiro atoms. The van der Waals surface area contributed by atoms with Gasteiger partial charge in [0.15, 0.2) is 11.6 Å². The zero-order valence-electron chi connectivity index (χ0n) is 9.57. The van der Waals surface area contributed by atoms with Crippen molar-refractivity contribution in [1.82, 2.24) is 5.32 Å². The van der Waals surface area contributed by atoms with Crippen LogP contribution in [0.3, 0.4) is 0 Å². The second kappa shape index (κ2) is 4.75. The number of imide groups is 1. The van der Waals surface area contributed by atoms with Crippen molar-refractivity contribution in [3.8, 4) is 0 Å². The molecule has 1 aliphatic rings. The van der Waals surface area contributed by atoms with E-state index in [0.717, 1.165) is 12.1 Å². The summed E-state index contributed by atoms with van der Waals surface area (Å²) in [6.07, 6.45) is 0.0889. The van der Waals surface area contributed by atoms with E-state index in [1.54, 1.807) is 0 Å². The van der Waals surface area contributed by atoms with Gasteiger partial charge in [-0.15, -0.1) is 0 Å². The molecule has 2 N–H and O–H groups in total. The fraction of sp³-hybridized carbons (Fsp3) is 0.250. The molecule has 1 aromatic rings. The maximum atomic E-state index is 13.8. The standard InChI is InChI=1S/C12H9F2NO4/c13-9-5(1-2-7(10(9)14)12(18)19)6-3-4-8(16)15-11(6)17/h1-2,6H,3-4H2,(H,18,19)(H,15,16,17). The number of nitrogens with one attached hydrogen (secondary N) is 1. The number of aromatic carboxylic acids is 1. The molecule has 2 rings (SSSR count). The molecule has 1 aromatic carbocycles. The van der Waals surface area contributed by atoms with Crippen molar-refractivity contribution < 1.29 is 28.3 Å². The third-order valence-corrected chi connectivity index (χ3v) is 2.96. The van der Waals surface area contributed by atoms with Crippen molar-refractivity contribution in [2.24, 2.45) is 0 Å². The normalized spacial score (nSPS) is 19.2. The Morgan fingerprint density at radius 3 is 2.53 bits per heavy atom. The highest BCUT2D eigenvalue weighted by molar-refractivity contribution is 6.01. The van der Waals surface area contributed by atoms with Gasteiger partial charge < -0.3 is 5.11 Å². The smallest absolute Gasteiger partial charge is 0.338 e. The summed E-state index contributed by atoms with van der Waals surface area (Å²) in [5, 5.41) is 10.7. The summed E-state index contributed by atoms with van der Waals surface area (Å²) in [5.74, 6) is -6.63. The first-order valence-electron chi connectivity index (χ1n) is 5.46. The summed E-state index contributed by atoms with van der Waals surface area (Å²) in [6, 6.07) is 1.96. The molecule has 7 heteroatoms. The molecular formula is C12H9F2NO4. The van der Waals surface area contributed by atoms with E-state index in [2.05, 4.69) is 0 Å². The lowest BCUT2D eigenvalue weighted by atomic mass is 9.89. The number of benzene rings is 1. The molecule has 0 bridgehead atoms. The van der Waals surface area contributed by atoms with Crippen molar-refractivity contribution in [1.29, 1.82) is 0 Å². The van der Waals surface area contributed by atoms with Crippen molar-refractivity contribution >= 4 is 17.8 Å². The number of amides is 2. The number of carboxylic acids is 1. The number of halogens is 2. The van der Waals surface area contributed by atoms with E-state index in [9.17, 15) is 23.2 Å². The molecule has 1 saturated heterocycles. The van der Waals surface area contributed by atoms with E-state index in [1.807, 2.05) is 5.32 Å². The minimum Gasteiger partial charge on any atom is -0.478 e. The van der Waals surface area contributed by atoms with E-state index >= 15 is 0 Å². The van der Waals surface area contributed by atoms with Gasteiger partial charge in [0.1, 0.15) is 0 Å². The quantitative estimate of drug-likeness (QED) is 0.790. The monoisotopic (exact) mass is 269 g/mol. The number of hydrogen-bond donors (Lipinski definition) is 2. The van der Waals surface area contributed by atoms with Crippen LogP contribution < -0.4 is 5.32 Å². The number of carboxylic acid groups (broad SMARTS) is 1. The first-order chi connectivity index (χ1) is 8.91. The Kier molecular flexibility index (Phi) is 3.28. The van der Waals surface area contributed by atoms with Crippen LogP contribution in [0.4, 0.5) is 8.78 Å². The minimum atomic E-state index is -1.59. The van der Waals surface area contributed by atoms with Crippen LogP contribution >= 0.6 is 0 Å². The van der Waals surface area contributed by atoms with E-state index < -0.39 is 40.9 Å². The van der Waals surface area contributed by atoms with Crippen molar-refractivity contribution in [3.05, 3.63) is 34.9 Å². The third kappa shape index (κ3) is 2.31. The summed E-state index contributed by atoms with van der Waals surface area (Å²) < 4.78 is 27.3. The maximum Gasteiger partial charge on any atom is 0.338 e. The molecular weight excluding hydrogens is 260 g/mol. The highest BCUT2D eigenvalue weighted by Gasteiger charge is 2.32. The summed E-state index contributed by atoms with van der Waals surface area (Å²) >= 11 is 0. The molecule has 1 atom stereocenters. The Morgan fingerprint density at radius 2 is 1.95 bits per heavy atom. The Bertz CT molecular complexity index is 585. The van der Waals surface area contributed by atoms with Gasteiger partial charge in [-0.2, -0.15) is 0 Å². The zero-order chi connectivity index (χ0) is 14.2. The molecule has 0 saturated carbocycles. The highest BCUT2D eigenvalue weighted by Crippen LogP contribution is 2.29. The maximum absolute atomic E-state index is 13.8. The van der Waals surface area contributed by atoms with E-state index in [4.69, 9.17) is 5.11 Å². The van der Waals surface area contributed by atoms with Gasteiger partial charge in [-0.05, 0) is 12.5 Å². The molecule has 2 amide bonds. The van der Waals surface area contributed by atoms with Gasteiger partial charge in [-0.3, -0.25) is 14.9 Å². The molecule has 0 radical (unpaired) electrons. The van der Waals surface area contributed by atoms with Crippen LogP contribution in [0.15, 0.2) is 12.1 Å². The van der Waals surface area contributed by atoms with Crippen molar-refractivity contribution in [2.45, 2.75) is 18.8 Å². The molecule has 1 fully saturated rings. The number of rotatable bonds is 2. The first-order valence-corrected chi connectivity index (χ1v) is 5.46. The van der Waals surface area contributed by atoms with Crippen molar-refractivity contribution in [2.75, 3.05) is 0 Å².